The molecule has 0 aromatic rings. The van der Waals surface area contributed by atoms with E-state index in [9.17, 15) is 0 Å². The summed E-state index contributed by atoms with van der Waals surface area (Å²) in [6, 6.07) is 0. The fraction of sp³-hybridized carbons (Fsp3) is 0.875. The SMILES string of the molecule is CCON=C1CN2CCC1C2. The molecule has 0 amide bonds. The molecule has 2 fully saturated rings. The van der Waals surface area contributed by atoms with E-state index in [0.29, 0.717) is 12.5 Å². The van der Waals surface area contributed by atoms with Crippen LogP contribution in [0.3, 0.4) is 0 Å². The Balaban J connectivity index is 1.96. The van der Waals surface area contributed by atoms with E-state index >= 15 is 0 Å². The lowest BCUT2D eigenvalue weighted by molar-refractivity contribution is 0.156. The van der Waals surface area contributed by atoms with Gasteiger partial charge in [0.2, 0.25) is 0 Å². The Hall–Kier alpha value is -0.570. The molecule has 0 radical (unpaired) electrons. The van der Waals surface area contributed by atoms with E-state index < -0.39 is 0 Å². The summed E-state index contributed by atoms with van der Waals surface area (Å²) < 4.78 is 0. The highest BCUT2D eigenvalue weighted by atomic mass is 16.6. The van der Waals surface area contributed by atoms with Crippen molar-refractivity contribution in [3.63, 3.8) is 0 Å². The summed E-state index contributed by atoms with van der Waals surface area (Å²) in [5.41, 5.74) is 1.26. The second kappa shape index (κ2) is 2.81. The molecule has 2 heterocycles. The summed E-state index contributed by atoms with van der Waals surface area (Å²) in [5, 5.41) is 4.10. The predicted molar refractivity (Wildman–Crippen MR) is 43.6 cm³/mol. The smallest absolute Gasteiger partial charge is 0.114 e. The summed E-state index contributed by atoms with van der Waals surface area (Å²) in [4.78, 5) is 7.46. The van der Waals surface area contributed by atoms with Crippen LogP contribution in [-0.2, 0) is 4.84 Å². The van der Waals surface area contributed by atoms with Gasteiger partial charge < -0.3 is 4.84 Å². The lowest BCUT2D eigenvalue weighted by Gasteiger charge is -2.12. The highest BCUT2D eigenvalue weighted by Crippen LogP contribution is 2.25. The van der Waals surface area contributed by atoms with Crippen LogP contribution in [0, 0.1) is 5.92 Å². The van der Waals surface area contributed by atoms with E-state index in [1.54, 1.807) is 0 Å². The first-order valence-corrected chi connectivity index (χ1v) is 4.31. The average Bonchev–Trinajstić information content (AvgIpc) is 2.60. The summed E-state index contributed by atoms with van der Waals surface area (Å²) >= 11 is 0. The second-order valence-corrected chi connectivity index (χ2v) is 3.22. The Morgan fingerprint density at radius 2 is 2.64 bits per heavy atom. The van der Waals surface area contributed by atoms with Crippen molar-refractivity contribution in [2.24, 2.45) is 11.1 Å². The fourth-order valence-electron chi connectivity index (χ4n) is 1.86. The molecule has 0 N–H and O–H groups in total. The predicted octanol–water partition coefficient (Wildman–Crippen LogP) is 0.714. The first-order valence-electron chi connectivity index (χ1n) is 4.31. The number of piperidine rings is 1. The molecule has 2 aliphatic heterocycles. The van der Waals surface area contributed by atoms with Crippen molar-refractivity contribution in [1.29, 1.82) is 0 Å². The summed E-state index contributed by atoms with van der Waals surface area (Å²) in [6.45, 7) is 6.18. The third-order valence-corrected chi connectivity index (χ3v) is 2.44. The Morgan fingerprint density at radius 3 is 3.18 bits per heavy atom. The van der Waals surface area contributed by atoms with Crippen LogP contribution in [0.25, 0.3) is 0 Å². The molecule has 2 unspecified atom stereocenters. The lowest BCUT2D eigenvalue weighted by Crippen LogP contribution is -2.23. The Bertz CT molecular complexity index is 179. The van der Waals surface area contributed by atoms with Gasteiger partial charge in [-0.2, -0.15) is 0 Å². The minimum absolute atomic E-state index is 0.691. The van der Waals surface area contributed by atoms with Crippen molar-refractivity contribution in [1.82, 2.24) is 4.90 Å². The Morgan fingerprint density at radius 1 is 1.73 bits per heavy atom. The van der Waals surface area contributed by atoms with Crippen LogP contribution in [0.15, 0.2) is 5.16 Å². The van der Waals surface area contributed by atoms with Gasteiger partial charge in [-0.25, -0.2) is 0 Å². The maximum absolute atomic E-state index is 5.03. The topological polar surface area (TPSA) is 24.8 Å². The van der Waals surface area contributed by atoms with Crippen LogP contribution in [0.1, 0.15) is 13.3 Å². The van der Waals surface area contributed by atoms with Gasteiger partial charge in [-0.3, -0.25) is 4.90 Å². The number of nitrogens with zero attached hydrogens (tertiary/aromatic N) is 2. The van der Waals surface area contributed by atoms with E-state index in [2.05, 4.69) is 10.1 Å². The zero-order valence-corrected chi connectivity index (χ0v) is 6.92. The van der Waals surface area contributed by atoms with Gasteiger partial charge in [0.15, 0.2) is 0 Å². The highest BCUT2D eigenvalue weighted by Gasteiger charge is 2.35. The third kappa shape index (κ3) is 1.25. The molecule has 3 heteroatoms. The number of fused-ring (bicyclic) bond motifs is 2. The largest absolute Gasteiger partial charge is 0.396 e. The standard InChI is InChI=1S/C8H14N2O/c1-2-11-9-8-6-10-4-3-7(8)5-10/h7H,2-6H2,1H3. The van der Waals surface area contributed by atoms with Gasteiger partial charge in [0, 0.05) is 19.0 Å². The van der Waals surface area contributed by atoms with Crippen LogP contribution in [0.2, 0.25) is 0 Å². The molecule has 0 aromatic carbocycles. The van der Waals surface area contributed by atoms with Gasteiger partial charge in [-0.1, -0.05) is 5.16 Å². The molecule has 11 heavy (non-hydrogen) atoms. The summed E-state index contributed by atoms with van der Waals surface area (Å²) in [6.07, 6.45) is 1.28. The first kappa shape index (κ1) is 7.10. The molecule has 62 valence electrons. The lowest BCUT2D eigenvalue weighted by atomic mass is 10.0. The van der Waals surface area contributed by atoms with Gasteiger partial charge in [0.05, 0.1) is 5.71 Å². The molecule has 0 aromatic heterocycles. The van der Waals surface area contributed by atoms with Gasteiger partial charge in [-0.05, 0) is 19.9 Å². The number of hydrogen-bond acceptors (Lipinski definition) is 3. The van der Waals surface area contributed by atoms with Crippen LogP contribution in [0.4, 0.5) is 0 Å². The molecule has 3 nitrogen and oxygen atoms in total. The summed E-state index contributed by atoms with van der Waals surface area (Å²) in [5.74, 6) is 0.710. The van der Waals surface area contributed by atoms with Gasteiger partial charge >= 0.3 is 0 Å². The zero-order valence-electron chi connectivity index (χ0n) is 6.92. The first-order chi connectivity index (χ1) is 5.40. The molecular weight excluding hydrogens is 140 g/mol. The minimum Gasteiger partial charge on any atom is -0.396 e. The molecule has 2 rings (SSSR count). The van der Waals surface area contributed by atoms with Crippen molar-refractivity contribution in [2.75, 3.05) is 26.2 Å². The molecule has 2 aliphatic rings. The minimum atomic E-state index is 0.691. The van der Waals surface area contributed by atoms with Crippen molar-refractivity contribution < 1.29 is 4.84 Å². The molecule has 2 saturated heterocycles. The van der Waals surface area contributed by atoms with Crippen LogP contribution in [-0.4, -0.2) is 36.9 Å². The Labute approximate surface area is 67.0 Å². The third-order valence-electron chi connectivity index (χ3n) is 2.44. The van der Waals surface area contributed by atoms with Crippen molar-refractivity contribution in [3.05, 3.63) is 0 Å². The van der Waals surface area contributed by atoms with Gasteiger partial charge in [-0.15, -0.1) is 0 Å². The van der Waals surface area contributed by atoms with E-state index in [-0.39, 0.29) is 0 Å². The highest BCUT2D eigenvalue weighted by molar-refractivity contribution is 5.91. The van der Waals surface area contributed by atoms with E-state index in [0.717, 1.165) is 6.54 Å². The average molecular weight is 154 g/mol. The quantitative estimate of drug-likeness (QED) is 0.547. The molecule has 0 aliphatic carbocycles. The second-order valence-electron chi connectivity index (χ2n) is 3.22. The molecule has 0 saturated carbocycles. The number of rotatable bonds is 2. The zero-order chi connectivity index (χ0) is 7.68. The van der Waals surface area contributed by atoms with Crippen molar-refractivity contribution in [2.45, 2.75) is 13.3 Å². The fourth-order valence-corrected chi connectivity index (χ4v) is 1.86. The van der Waals surface area contributed by atoms with Gasteiger partial charge in [0.25, 0.3) is 0 Å². The maximum atomic E-state index is 5.03. The van der Waals surface area contributed by atoms with E-state index in [1.807, 2.05) is 6.92 Å². The van der Waals surface area contributed by atoms with Crippen LogP contribution in [0.5, 0.6) is 0 Å². The maximum Gasteiger partial charge on any atom is 0.114 e. The molecule has 0 spiro atoms. The number of oxime groups is 1. The van der Waals surface area contributed by atoms with Crippen LogP contribution >= 0.6 is 0 Å². The Kier molecular flexibility index (Phi) is 1.82. The monoisotopic (exact) mass is 154 g/mol. The molecular formula is C8H14N2O. The summed E-state index contributed by atoms with van der Waals surface area (Å²) in [7, 11) is 0. The van der Waals surface area contributed by atoms with E-state index in [4.69, 9.17) is 4.84 Å². The van der Waals surface area contributed by atoms with Gasteiger partial charge in [0.1, 0.15) is 6.61 Å². The molecule has 2 bridgehead atoms. The van der Waals surface area contributed by atoms with E-state index in [1.165, 1.54) is 25.2 Å². The van der Waals surface area contributed by atoms with Crippen molar-refractivity contribution in [3.8, 4) is 0 Å². The molecule has 2 atom stereocenters. The van der Waals surface area contributed by atoms with Crippen LogP contribution < -0.4 is 0 Å². The normalized spacial score (nSPS) is 38.5. The van der Waals surface area contributed by atoms with Crippen molar-refractivity contribution >= 4 is 5.71 Å². The number of hydrogen-bond donors (Lipinski definition) is 0.